The fourth-order valence-corrected chi connectivity index (χ4v) is 3.22. The lowest BCUT2D eigenvalue weighted by molar-refractivity contribution is 0.369. The zero-order valence-electron chi connectivity index (χ0n) is 14.0. The Bertz CT molecular complexity index is 877. The molecule has 3 nitrogen and oxygen atoms in total. The van der Waals surface area contributed by atoms with Crippen molar-refractivity contribution in [2.45, 2.75) is 5.54 Å². The summed E-state index contributed by atoms with van der Waals surface area (Å²) in [5.41, 5.74) is 2.29. The van der Waals surface area contributed by atoms with E-state index in [-0.39, 0.29) is 0 Å². The second kappa shape index (κ2) is 6.36. The molecule has 4 rings (SSSR count). The van der Waals surface area contributed by atoms with Crippen LogP contribution in [0.15, 0.2) is 101 Å². The van der Waals surface area contributed by atoms with E-state index in [0.717, 1.165) is 16.7 Å². The van der Waals surface area contributed by atoms with E-state index in [9.17, 15) is 0 Å². The van der Waals surface area contributed by atoms with Crippen molar-refractivity contribution in [3.05, 3.63) is 108 Å². The molecule has 1 aliphatic heterocycles. The number of aliphatic imine (C=N–C) groups is 2. The van der Waals surface area contributed by atoms with Crippen molar-refractivity contribution in [2.24, 2.45) is 9.98 Å². The third-order valence-electron chi connectivity index (χ3n) is 4.40. The average molecular weight is 326 g/mol. The van der Waals surface area contributed by atoms with Crippen LogP contribution < -0.4 is 0 Å². The highest BCUT2D eigenvalue weighted by atomic mass is 16.5. The van der Waals surface area contributed by atoms with Gasteiger partial charge in [0.05, 0.1) is 7.11 Å². The van der Waals surface area contributed by atoms with Gasteiger partial charge >= 0.3 is 0 Å². The summed E-state index contributed by atoms with van der Waals surface area (Å²) in [6.45, 7) is 0. The molecule has 3 heteroatoms. The largest absolute Gasteiger partial charge is 0.482 e. The minimum Gasteiger partial charge on any atom is -0.482 e. The summed E-state index contributed by atoms with van der Waals surface area (Å²) in [6.07, 6.45) is 0. The number of hydrogen-bond donors (Lipinski definition) is 0. The summed E-state index contributed by atoms with van der Waals surface area (Å²) in [4.78, 5) is 9.80. The molecule has 0 aliphatic carbocycles. The molecule has 122 valence electrons. The first-order valence-electron chi connectivity index (χ1n) is 8.24. The van der Waals surface area contributed by atoms with Crippen molar-refractivity contribution in [3.8, 4) is 0 Å². The number of ether oxygens (including phenoxy) is 1. The normalized spacial score (nSPS) is 15.4. The van der Waals surface area contributed by atoms with Crippen LogP contribution in [0.1, 0.15) is 16.7 Å². The third kappa shape index (κ3) is 2.54. The first-order chi connectivity index (χ1) is 12.3. The third-order valence-corrected chi connectivity index (χ3v) is 4.40. The molecular weight excluding hydrogens is 308 g/mol. The smallest absolute Gasteiger partial charge is 0.228 e. The summed E-state index contributed by atoms with van der Waals surface area (Å²) in [5, 5.41) is 0. The highest BCUT2D eigenvalue weighted by Gasteiger charge is 2.45. The van der Waals surface area contributed by atoms with Gasteiger partial charge in [0.25, 0.3) is 0 Å². The summed E-state index contributed by atoms with van der Waals surface area (Å²) in [7, 11) is 1.66. The van der Waals surface area contributed by atoms with E-state index < -0.39 is 5.54 Å². The lowest BCUT2D eigenvalue weighted by Crippen LogP contribution is -2.34. The molecule has 0 saturated heterocycles. The second-order valence-electron chi connectivity index (χ2n) is 5.86. The van der Waals surface area contributed by atoms with Gasteiger partial charge in [-0.25, -0.2) is 4.99 Å². The van der Waals surface area contributed by atoms with E-state index in [1.54, 1.807) is 7.11 Å². The van der Waals surface area contributed by atoms with Crippen LogP contribution in [-0.4, -0.2) is 18.8 Å². The van der Waals surface area contributed by atoms with Crippen molar-refractivity contribution in [1.82, 2.24) is 0 Å². The van der Waals surface area contributed by atoms with E-state index in [4.69, 9.17) is 14.7 Å². The van der Waals surface area contributed by atoms with E-state index >= 15 is 0 Å². The Balaban J connectivity index is 1.98. The number of nitrogens with zero attached hydrogens (tertiary/aromatic N) is 2. The van der Waals surface area contributed by atoms with E-state index in [0.29, 0.717) is 11.7 Å². The summed E-state index contributed by atoms with van der Waals surface area (Å²) in [6, 6.07) is 30.3. The molecule has 0 bridgehead atoms. The lowest BCUT2D eigenvalue weighted by atomic mass is 9.83. The molecule has 0 amide bonds. The lowest BCUT2D eigenvalue weighted by Gasteiger charge is -2.27. The molecule has 3 aromatic rings. The van der Waals surface area contributed by atoms with Gasteiger partial charge in [0.1, 0.15) is 0 Å². The van der Waals surface area contributed by atoms with Crippen molar-refractivity contribution in [1.29, 1.82) is 0 Å². The van der Waals surface area contributed by atoms with E-state index in [1.165, 1.54) is 0 Å². The standard InChI is InChI=1S/C22H18N2O/c1-25-21-22(18-13-7-3-8-14-18,19-15-9-4-10-16-19)24-20(23-21)17-11-5-2-6-12-17/h2-16H,1H3. The Morgan fingerprint density at radius 3 is 1.64 bits per heavy atom. The molecule has 25 heavy (non-hydrogen) atoms. The van der Waals surface area contributed by atoms with Crippen LogP contribution in [0.25, 0.3) is 0 Å². The Morgan fingerprint density at radius 2 is 1.16 bits per heavy atom. The first kappa shape index (κ1) is 15.3. The minimum atomic E-state index is -0.761. The number of benzene rings is 3. The van der Waals surface area contributed by atoms with Crippen LogP contribution in [0, 0.1) is 0 Å². The van der Waals surface area contributed by atoms with E-state index in [2.05, 4.69) is 24.3 Å². The maximum absolute atomic E-state index is 5.72. The van der Waals surface area contributed by atoms with Gasteiger partial charge < -0.3 is 4.74 Å². The van der Waals surface area contributed by atoms with Crippen LogP contribution in [0.3, 0.4) is 0 Å². The molecule has 0 fully saturated rings. The van der Waals surface area contributed by atoms with Crippen molar-refractivity contribution < 1.29 is 4.74 Å². The van der Waals surface area contributed by atoms with E-state index in [1.807, 2.05) is 66.7 Å². The number of hydrogen-bond acceptors (Lipinski definition) is 3. The van der Waals surface area contributed by atoms with Gasteiger partial charge in [0.15, 0.2) is 11.4 Å². The maximum Gasteiger partial charge on any atom is 0.228 e. The summed E-state index contributed by atoms with van der Waals surface area (Å²) in [5.74, 6) is 1.27. The second-order valence-corrected chi connectivity index (χ2v) is 5.86. The molecule has 0 N–H and O–H groups in total. The van der Waals surface area contributed by atoms with Crippen molar-refractivity contribution in [2.75, 3.05) is 7.11 Å². The molecule has 0 saturated carbocycles. The monoisotopic (exact) mass is 326 g/mol. The highest BCUT2D eigenvalue weighted by Crippen LogP contribution is 2.39. The first-order valence-corrected chi connectivity index (χ1v) is 8.24. The number of rotatable bonds is 3. The SMILES string of the molecule is COC1=NC(c2ccccc2)=NC1(c1ccccc1)c1ccccc1. The predicted octanol–water partition coefficient (Wildman–Crippen LogP) is 4.44. The fraction of sp³-hybridized carbons (Fsp3) is 0.0909. The molecule has 0 radical (unpaired) electrons. The predicted molar refractivity (Wildman–Crippen MR) is 101 cm³/mol. The minimum absolute atomic E-state index is 0.587. The molecule has 0 aromatic heterocycles. The Labute approximate surface area is 147 Å². The van der Waals surface area contributed by atoms with Gasteiger partial charge in [-0.2, -0.15) is 4.99 Å². The Kier molecular flexibility index (Phi) is 3.90. The van der Waals surface area contributed by atoms with Gasteiger partial charge in [-0.15, -0.1) is 0 Å². The van der Waals surface area contributed by atoms with Gasteiger partial charge in [0.2, 0.25) is 5.90 Å². The molecule has 0 atom stereocenters. The quantitative estimate of drug-likeness (QED) is 0.701. The molecule has 0 unspecified atom stereocenters. The molecule has 3 aromatic carbocycles. The van der Waals surface area contributed by atoms with Crippen LogP contribution in [-0.2, 0) is 10.3 Å². The Hall–Kier alpha value is -3.20. The molecule has 1 aliphatic rings. The Morgan fingerprint density at radius 1 is 0.680 bits per heavy atom. The van der Waals surface area contributed by atoms with Crippen LogP contribution in [0.2, 0.25) is 0 Å². The van der Waals surface area contributed by atoms with Gasteiger partial charge in [-0.05, 0) is 11.1 Å². The summed E-state index contributed by atoms with van der Waals surface area (Å²) < 4.78 is 5.72. The number of methoxy groups -OCH3 is 1. The number of amidine groups is 1. The van der Waals surface area contributed by atoms with Gasteiger partial charge in [-0.1, -0.05) is 91.0 Å². The molecule has 1 heterocycles. The maximum atomic E-state index is 5.72. The highest BCUT2D eigenvalue weighted by molar-refractivity contribution is 6.13. The fourth-order valence-electron chi connectivity index (χ4n) is 3.22. The van der Waals surface area contributed by atoms with Gasteiger partial charge in [-0.3, -0.25) is 0 Å². The van der Waals surface area contributed by atoms with Crippen LogP contribution >= 0.6 is 0 Å². The average Bonchev–Trinajstić information content (AvgIpc) is 3.11. The molecule has 0 spiro atoms. The van der Waals surface area contributed by atoms with Crippen molar-refractivity contribution >= 4 is 11.7 Å². The summed E-state index contributed by atoms with van der Waals surface area (Å²) >= 11 is 0. The zero-order chi connectivity index (χ0) is 17.1. The topological polar surface area (TPSA) is 34.0 Å². The van der Waals surface area contributed by atoms with Crippen molar-refractivity contribution in [3.63, 3.8) is 0 Å². The molecular formula is C22H18N2O. The van der Waals surface area contributed by atoms with Crippen LogP contribution in [0.5, 0.6) is 0 Å². The zero-order valence-corrected chi connectivity index (χ0v) is 14.0. The van der Waals surface area contributed by atoms with Crippen LogP contribution in [0.4, 0.5) is 0 Å². The van der Waals surface area contributed by atoms with Gasteiger partial charge in [0, 0.05) is 5.56 Å².